The van der Waals surface area contributed by atoms with E-state index >= 15 is 0 Å². The monoisotopic (exact) mass is 171 g/mol. The van der Waals surface area contributed by atoms with Gasteiger partial charge in [0, 0.05) is 26.2 Å². The lowest BCUT2D eigenvalue weighted by Gasteiger charge is -2.29. The summed E-state index contributed by atoms with van der Waals surface area (Å²) in [7, 11) is 2.00. The van der Waals surface area contributed by atoms with Crippen LogP contribution in [0.3, 0.4) is 0 Å². The summed E-state index contributed by atoms with van der Waals surface area (Å²) in [6.45, 7) is 3.09. The topological polar surface area (TPSA) is 52.7 Å². The minimum Gasteiger partial charge on any atom is -0.396 e. The van der Waals surface area contributed by atoms with E-state index in [4.69, 9.17) is 10.8 Å². The van der Waals surface area contributed by atoms with E-state index in [0.29, 0.717) is 6.04 Å². The molecule has 70 valence electrons. The molecule has 0 spiro atoms. The second-order valence-corrected chi connectivity index (χ2v) is 3.11. The van der Waals surface area contributed by atoms with Gasteiger partial charge in [-0.25, -0.2) is 5.01 Å². The van der Waals surface area contributed by atoms with E-state index in [-0.39, 0.29) is 6.61 Å². The molecule has 0 saturated carbocycles. The molecule has 0 aliphatic carbocycles. The van der Waals surface area contributed by atoms with Crippen molar-refractivity contribution in [1.29, 1.82) is 0 Å². The summed E-state index contributed by atoms with van der Waals surface area (Å²) < 4.78 is 0. The van der Waals surface area contributed by atoms with E-state index in [1.54, 1.807) is 0 Å². The maximum absolute atomic E-state index is 8.66. The van der Waals surface area contributed by atoms with Crippen LogP contribution >= 0.6 is 0 Å². The van der Waals surface area contributed by atoms with E-state index in [0.717, 1.165) is 18.8 Å². The van der Waals surface area contributed by atoms with Gasteiger partial charge in [-0.05, 0) is 19.4 Å². The van der Waals surface area contributed by atoms with Crippen LogP contribution in [0, 0.1) is 0 Å². The zero-order chi connectivity index (χ0) is 9.14. The maximum atomic E-state index is 8.66. The van der Waals surface area contributed by atoms with Crippen molar-refractivity contribution in [2.45, 2.75) is 19.4 Å². The molecule has 0 radical (unpaired) electrons. The molecule has 0 aromatic carbocycles. The summed E-state index contributed by atoms with van der Waals surface area (Å²) in [4.78, 5) is 0. The van der Waals surface area contributed by atoms with Crippen molar-refractivity contribution in [3.8, 4) is 0 Å². The van der Waals surface area contributed by atoms with Crippen molar-refractivity contribution in [3.63, 3.8) is 0 Å². The summed E-state index contributed by atoms with van der Waals surface area (Å²) in [6.07, 6.45) is 2.77. The molecular weight excluding hydrogens is 154 g/mol. The number of aliphatic hydroxyl groups excluding tert-OH is 1. The smallest absolute Gasteiger partial charge is 0.111 e. The summed E-state index contributed by atoms with van der Waals surface area (Å²) in [5.74, 6) is 0.790. The number of nitrogens with two attached hydrogens (primary N) is 1. The predicted molar refractivity (Wildman–Crippen MR) is 47.9 cm³/mol. The number of hydrazine groups is 1. The zero-order valence-corrected chi connectivity index (χ0v) is 7.70. The first-order chi connectivity index (χ1) is 5.66. The zero-order valence-electron chi connectivity index (χ0n) is 7.70. The fourth-order valence-electron chi connectivity index (χ4n) is 1.35. The Kier molecular flexibility index (Phi) is 2.94. The fraction of sp³-hybridized carbons (Fsp3) is 0.750. The molecule has 0 amide bonds. The Morgan fingerprint density at radius 3 is 2.75 bits per heavy atom. The summed E-state index contributed by atoms with van der Waals surface area (Å²) >= 11 is 0. The molecular formula is C8H17N3O. The predicted octanol–water partition coefficient (Wildman–Crippen LogP) is -0.280. The molecule has 4 nitrogen and oxygen atoms in total. The maximum Gasteiger partial charge on any atom is 0.111 e. The standard InChI is InChI=1S/C8H17N3O/c1-7-6-8(9)11(10(7)2)4-3-5-12/h6-7,12H,3-5,9H2,1-2H3. The Morgan fingerprint density at radius 2 is 2.33 bits per heavy atom. The highest BCUT2D eigenvalue weighted by Crippen LogP contribution is 2.16. The summed E-state index contributed by atoms with van der Waals surface area (Å²) in [5.41, 5.74) is 5.76. The van der Waals surface area contributed by atoms with Crippen molar-refractivity contribution in [2.75, 3.05) is 20.2 Å². The molecule has 0 bridgehead atoms. The van der Waals surface area contributed by atoms with Crippen molar-refractivity contribution in [2.24, 2.45) is 5.73 Å². The van der Waals surface area contributed by atoms with Crippen molar-refractivity contribution in [1.82, 2.24) is 10.0 Å². The third-order valence-corrected chi connectivity index (χ3v) is 2.21. The number of hydrogen-bond donors (Lipinski definition) is 2. The minimum atomic E-state index is 0.214. The summed E-state index contributed by atoms with van der Waals surface area (Å²) in [5, 5.41) is 12.7. The number of nitrogens with zero attached hydrogens (tertiary/aromatic N) is 2. The number of hydrogen-bond acceptors (Lipinski definition) is 4. The molecule has 0 aromatic heterocycles. The lowest BCUT2D eigenvalue weighted by molar-refractivity contribution is 0.0341. The lowest BCUT2D eigenvalue weighted by atomic mass is 10.3. The molecule has 1 heterocycles. The Morgan fingerprint density at radius 1 is 1.67 bits per heavy atom. The van der Waals surface area contributed by atoms with E-state index in [9.17, 15) is 0 Å². The molecule has 0 aromatic rings. The Hall–Kier alpha value is -0.740. The van der Waals surface area contributed by atoms with Gasteiger partial charge in [0.2, 0.25) is 0 Å². The highest BCUT2D eigenvalue weighted by Gasteiger charge is 2.23. The first-order valence-electron chi connectivity index (χ1n) is 4.25. The van der Waals surface area contributed by atoms with Crippen molar-refractivity contribution in [3.05, 3.63) is 11.9 Å². The lowest BCUT2D eigenvalue weighted by Crippen LogP contribution is -2.40. The minimum absolute atomic E-state index is 0.214. The number of rotatable bonds is 3. The third-order valence-electron chi connectivity index (χ3n) is 2.21. The molecule has 12 heavy (non-hydrogen) atoms. The molecule has 3 N–H and O–H groups in total. The second kappa shape index (κ2) is 3.78. The van der Waals surface area contributed by atoms with Crippen LogP contribution in [0.4, 0.5) is 0 Å². The summed E-state index contributed by atoms with van der Waals surface area (Å²) in [6, 6.07) is 0.365. The van der Waals surface area contributed by atoms with Crippen LogP contribution in [0.15, 0.2) is 11.9 Å². The average Bonchev–Trinajstić information content (AvgIpc) is 2.25. The molecule has 0 saturated heterocycles. The van der Waals surface area contributed by atoms with Gasteiger partial charge in [-0.1, -0.05) is 0 Å². The van der Waals surface area contributed by atoms with Gasteiger partial charge in [0.05, 0.1) is 0 Å². The number of likely N-dealkylation sites (N-methyl/N-ethyl adjacent to an activating group) is 1. The van der Waals surface area contributed by atoms with Crippen LogP contribution in [-0.2, 0) is 0 Å². The van der Waals surface area contributed by atoms with E-state index in [1.807, 2.05) is 18.1 Å². The van der Waals surface area contributed by atoms with Gasteiger partial charge >= 0.3 is 0 Å². The molecule has 1 rings (SSSR count). The van der Waals surface area contributed by atoms with Gasteiger partial charge in [0.15, 0.2) is 0 Å². The van der Waals surface area contributed by atoms with Crippen LogP contribution < -0.4 is 5.73 Å². The van der Waals surface area contributed by atoms with Gasteiger partial charge in [-0.15, -0.1) is 0 Å². The molecule has 1 atom stereocenters. The molecule has 1 unspecified atom stereocenters. The largest absolute Gasteiger partial charge is 0.396 e. The van der Waals surface area contributed by atoms with Crippen LogP contribution in [0.1, 0.15) is 13.3 Å². The molecule has 0 fully saturated rings. The van der Waals surface area contributed by atoms with Crippen LogP contribution in [0.5, 0.6) is 0 Å². The normalized spacial score (nSPS) is 24.8. The van der Waals surface area contributed by atoms with Crippen molar-refractivity contribution >= 4 is 0 Å². The van der Waals surface area contributed by atoms with Gasteiger partial charge in [0.25, 0.3) is 0 Å². The van der Waals surface area contributed by atoms with Gasteiger partial charge in [-0.2, -0.15) is 0 Å². The van der Waals surface area contributed by atoms with Crippen LogP contribution in [0.2, 0.25) is 0 Å². The third kappa shape index (κ3) is 1.70. The first kappa shape index (κ1) is 9.35. The SMILES string of the molecule is CC1C=C(N)N(CCCO)N1C. The highest BCUT2D eigenvalue weighted by atomic mass is 16.3. The highest BCUT2D eigenvalue weighted by molar-refractivity contribution is 5.06. The van der Waals surface area contributed by atoms with E-state index in [2.05, 4.69) is 11.9 Å². The fourth-order valence-corrected chi connectivity index (χ4v) is 1.35. The van der Waals surface area contributed by atoms with Gasteiger partial charge in [-0.3, -0.25) is 5.01 Å². The Bertz CT molecular complexity index is 181. The average molecular weight is 171 g/mol. The van der Waals surface area contributed by atoms with E-state index in [1.165, 1.54) is 0 Å². The number of aliphatic hydroxyl groups is 1. The van der Waals surface area contributed by atoms with Crippen molar-refractivity contribution < 1.29 is 5.11 Å². The van der Waals surface area contributed by atoms with Gasteiger partial charge in [0.1, 0.15) is 5.82 Å². The van der Waals surface area contributed by atoms with E-state index < -0.39 is 0 Å². The molecule has 4 heteroatoms. The Balaban J connectivity index is 2.48. The second-order valence-electron chi connectivity index (χ2n) is 3.11. The molecule has 1 aliphatic rings. The first-order valence-corrected chi connectivity index (χ1v) is 4.25. The van der Waals surface area contributed by atoms with Crippen LogP contribution in [-0.4, -0.2) is 41.4 Å². The van der Waals surface area contributed by atoms with Gasteiger partial charge < -0.3 is 10.8 Å². The Labute approximate surface area is 73.2 Å². The van der Waals surface area contributed by atoms with Crippen LogP contribution in [0.25, 0.3) is 0 Å². The molecule has 1 aliphatic heterocycles. The quantitative estimate of drug-likeness (QED) is 0.613.